The Morgan fingerprint density at radius 2 is 1.90 bits per heavy atom. The Balaban J connectivity index is 1.42. The molecule has 0 saturated heterocycles. The summed E-state index contributed by atoms with van der Waals surface area (Å²) in [5.41, 5.74) is 4.71. The lowest BCUT2D eigenvalue weighted by Crippen LogP contribution is -2.14. The highest BCUT2D eigenvalue weighted by Crippen LogP contribution is 2.26. The molecule has 0 atom stereocenters. The molecular weight excluding hydrogens is 414 g/mol. The highest BCUT2D eigenvalue weighted by atomic mass is 32.1. The number of carbonyl (C=O) groups excluding carboxylic acids is 2. The smallest absolute Gasteiger partial charge is 0.350 e. The Bertz CT molecular complexity index is 1260. The van der Waals surface area contributed by atoms with E-state index in [1.165, 1.54) is 0 Å². The Kier molecular flexibility index (Phi) is 5.81. The van der Waals surface area contributed by atoms with E-state index in [0.717, 1.165) is 33.4 Å². The van der Waals surface area contributed by atoms with E-state index < -0.39 is 5.97 Å². The van der Waals surface area contributed by atoms with Crippen molar-refractivity contribution in [3.8, 4) is 0 Å². The van der Waals surface area contributed by atoms with Crippen LogP contribution in [0.3, 0.4) is 0 Å². The summed E-state index contributed by atoms with van der Waals surface area (Å²) in [4.78, 5) is 29.6. The number of hydrogen-bond acceptors (Lipinski definition) is 7. The highest BCUT2D eigenvalue weighted by molar-refractivity contribution is 7.17. The monoisotopic (exact) mass is 435 g/mol. The molecule has 0 saturated carbocycles. The van der Waals surface area contributed by atoms with Crippen LogP contribution in [0.4, 0.5) is 5.13 Å². The van der Waals surface area contributed by atoms with Crippen molar-refractivity contribution in [1.82, 2.24) is 10.1 Å². The van der Waals surface area contributed by atoms with Crippen LogP contribution in [-0.2, 0) is 22.6 Å². The van der Waals surface area contributed by atoms with Crippen LogP contribution in [0.2, 0.25) is 0 Å². The average Bonchev–Trinajstić information content (AvgIpc) is 3.30. The summed E-state index contributed by atoms with van der Waals surface area (Å²) in [6, 6.07) is 13.4. The zero-order valence-corrected chi connectivity index (χ0v) is 18.2. The molecule has 0 unspecified atom stereocenters. The number of aryl methyl sites for hydroxylation is 3. The van der Waals surface area contributed by atoms with Gasteiger partial charge in [0.1, 0.15) is 17.2 Å². The SMILES string of the molecule is Cc1cc(C)c2onc(CC(=O)Nc3nc(C)c(C(=O)OCc4ccccc4)s3)c2c1. The lowest BCUT2D eigenvalue weighted by Gasteiger charge is -2.03. The predicted octanol–water partition coefficient (Wildman–Crippen LogP) is 4.75. The number of ether oxygens (including phenoxy) is 1. The lowest BCUT2D eigenvalue weighted by atomic mass is 10.1. The van der Waals surface area contributed by atoms with Crippen molar-refractivity contribution in [3.63, 3.8) is 0 Å². The van der Waals surface area contributed by atoms with Gasteiger partial charge in [0.2, 0.25) is 5.91 Å². The zero-order chi connectivity index (χ0) is 22.0. The third-order valence-electron chi connectivity index (χ3n) is 4.75. The van der Waals surface area contributed by atoms with Gasteiger partial charge in [-0.15, -0.1) is 0 Å². The minimum atomic E-state index is -0.465. The number of anilines is 1. The number of rotatable bonds is 6. The molecule has 2 aromatic heterocycles. The van der Waals surface area contributed by atoms with E-state index in [1.807, 2.05) is 56.3 Å². The molecular formula is C23H21N3O4S. The molecule has 4 aromatic rings. The Morgan fingerprint density at radius 1 is 1.13 bits per heavy atom. The van der Waals surface area contributed by atoms with Gasteiger partial charge in [-0.2, -0.15) is 0 Å². The van der Waals surface area contributed by atoms with Crippen LogP contribution < -0.4 is 5.32 Å². The molecule has 1 amide bonds. The number of carbonyl (C=O) groups is 2. The first kappa shape index (κ1) is 20.7. The number of benzene rings is 2. The summed E-state index contributed by atoms with van der Waals surface area (Å²) in [5, 5.41) is 7.97. The van der Waals surface area contributed by atoms with E-state index in [0.29, 0.717) is 27.0 Å². The van der Waals surface area contributed by atoms with Crippen LogP contribution in [0, 0.1) is 20.8 Å². The van der Waals surface area contributed by atoms with E-state index in [1.54, 1.807) is 6.92 Å². The van der Waals surface area contributed by atoms with Crippen molar-refractivity contribution < 1.29 is 18.8 Å². The number of thiazole rings is 1. The first-order valence-corrected chi connectivity index (χ1v) is 10.6. The van der Waals surface area contributed by atoms with Crippen LogP contribution in [-0.4, -0.2) is 22.0 Å². The van der Waals surface area contributed by atoms with Crippen LogP contribution in [0.5, 0.6) is 0 Å². The van der Waals surface area contributed by atoms with E-state index in [4.69, 9.17) is 9.26 Å². The van der Waals surface area contributed by atoms with Crippen LogP contribution in [0.25, 0.3) is 11.0 Å². The van der Waals surface area contributed by atoms with Gasteiger partial charge in [0, 0.05) is 5.39 Å². The molecule has 1 N–H and O–H groups in total. The molecule has 0 aliphatic carbocycles. The average molecular weight is 436 g/mol. The van der Waals surface area contributed by atoms with Crippen LogP contribution in [0.15, 0.2) is 47.0 Å². The second-order valence-electron chi connectivity index (χ2n) is 7.31. The molecule has 0 bridgehead atoms. The second kappa shape index (κ2) is 8.69. The van der Waals surface area contributed by atoms with Gasteiger partial charge in [-0.05, 0) is 43.5 Å². The maximum absolute atomic E-state index is 12.6. The van der Waals surface area contributed by atoms with Crippen LogP contribution in [0.1, 0.15) is 37.7 Å². The third kappa shape index (κ3) is 4.64. The van der Waals surface area contributed by atoms with Gasteiger partial charge in [-0.1, -0.05) is 52.9 Å². The van der Waals surface area contributed by atoms with Crippen LogP contribution >= 0.6 is 11.3 Å². The molecule has 0 aliphatic heterocycles. The summed E-state index contributed by atoms with van der Waals surface area (Å²) in [6.07, 6.45) is 0.0440. The van der Waals surface area contributed by atoms with Crippen molar-refractivity contribution in [2.75, 3.05) is 5.32 Å². The number of nitrogens with zero attached hydrogens (tertiary/aromatic N) is 2. The third-order valence-corrected chi connectivity index (χ3v) is 5.80. The van der Waals surface area contributed by atoms with Crippen molar-refractivity contribution in [2.45, 2.75) is 33.8 Å². The first-order chi connectivity index (χ1) is 14.9. The molecule has 0 radical (unpaired) electrons. The maximum Gasteiger partial charge on any atom is 0.350 e. The standard InChI is InChI=1S/C23H21N3O4S/c1-13-9-14(2)20-17(10-13)18(26-30-20)11-19(27)25-23-24-15(3)21(31-23)22(28)29-12-16-7-5-4-6-8-16/h4-10H,11-12H2,1-3H3,(H,24,25,27). The predicted molar refractivity (Wildman–Crippen MR) is 118 cm³/mol. The number of fused-ring (bicyclic) bond motifs is 1. The van der Waals surface area contributed by atoms with Gasteiger partial charge in [-0.3, -0.25) is 4.79 Å². The number of esters is 1. The van der Waals surface area contributed by atoms with Crippen molar-refractivity contribution >= 4 is 39.3 Å². The van der Waals surface area contributed by atoms with Gasteiger partial charge in [0.15, 0.2) is 10.7 Å². The molecule has 0 spiro atoms. The Hall–Kier alpha value is -3.52. The summed E-state index contributed by atoms with van der Waals surface area (Å²) < 4.78 is 10.8. The topological polar surface area (TPSA) is 94.3 Å². The van der Waals surface area contributed by atoms with E-state index in [9.17, 15) is 9.59 Å². The Labute approximate surface area is 183 Å². The summed E-state index contributed by atoms with van der Waals surface area (Å²) >= 11 is 1.09. The molecule has 7 nitrogen and oxygen atoms in total. The number of hydrogen-bond donors (Lipinski definition) is 1. The lowest BCUT2D eigenvalue weighted by molar-refractivity contribution is -0.115. The fourth-order valence-electron chi connectivity index (χ4n) is 3.31. The van der Waals surface area contributed by atoms with Gasteiger partial charge in [0.05, 0.1) is 12.1 Å². The number of aromatic nitrogens is 2. The molecule has 2 heterocycles. The number of nitrogens with one attached hydrogen (secondary N) is 1. The quantitative estimate of drug-likeness (QED) is 0.439. The van der Waals surface area contributed by atoms with Gasteiger partial charge >= 0.3 is 5.97 Å². The van der Waals surface area contributed by atoms with Gasteiger partial charge < -0.3 is 14.6 Å². The van der Waals surface area contributed by atoms with E-state index >= 15 is 0 Å². The van der Waals surface area contributed by atoms with Crippen molar-refractivity contribution in [3.05, 3.63) is 75.4 Å². The van der Waals surface area contributed by atoms with E-state index in [2.05, 4.69) is 15.5 Å². The molecule has 31 heavy (non-hydrogen) atoms. The largest absolute Gasteiger partial charge is 0.457 e. The summed E-state index contributed by atoms with van der Waals surface area (Å²) in [5.74, 6) is -0.750. The number of amides is 1. The minimum Gasteiger partial charge on any atom is -0.457 e. The summed E-state index contributed by atoms with van der Waals surface area (Å²) in [6.45, 7) is 5.82. The van der Waals surface area contributed by atoms with Crippen molar-refractivity contribution in [1.29, 1.82) is 0 Å². The molecule has 8 heteroatoms. The fraction of sp³-hybridized carbons (Fsp3) is 0.217. The zero-order valence-electron chi connectivity index (χ0n) is 17.4. The molecule has 158 valence electrons. The van der Waals surface area contributed by atoms with Gasteiger partial charge in [-0.25, -0.2) is 9.78 Å². The minimum absolute atomic E-state index is 0.0440. The molecule has 2 aromatic carbocycles. The molecule has 4 rings (SSSR count). The van der Waals surface area contributed by atoms with Gasteiger partial charge in [0.25, 0.3) is 0 Å². The van der Waals surface area contributed by atoms with E-state index in [-0.39, 0.29) is 18.9 Å². The highest BCUT2D eigenvalue weighted by Gasteiger charge is 2.20. The maximum atomic E-state index is 12.6. The fourth-order valence-corrected chi connectivity index (χ4v) is 4.19. The normalized spacial score (nSPS) is 10.9. The van der Waals surface area contributed by atoms with Crippen molar-refractivity contribution in [2.24, 2.45) is 0 Å². The Morgan fingerprint density at radius 3 is 2.68 bits per heavy atom. The molecule has 0 aliphatic rings. The second-order valence-corrected chi connectivity index (χ2v) is 8.31. The summed E-state index contributed by atoms with van der Waals surface area (Å²) in [7, 11) is 0. The molecule has 0 fully saturated rings. The first-order valence-electron chi connectivity index (χ1n) is 9.74.